The first-order chi connectivity index (χ1) is 7.69. The van der Waals surface area contributed by atoms with Crippen LogP contribution in [-0.4, -0.2) is 26.7 Å². The average Bonchev–Trinajstić information content (AvgIpc) is 2.35. The van der Waals surface area contributed by atoms with Crippen LogP contribution in [0.2, 0.25) is 0 Å². The van der Waals surface area contributed by atoms with E-state index in [-0.39, 0.29) is 5.97 Å². The van der Waals surface area contributed by atoms with Crippen LogP contribution < -0.4 is 4.90 Å². The number of benzene rings is 1. The van der Waals surface area contributed by atoms with Crippen LogP contribution in [0.4, 0.5) is 5.69 Å². The van der Waals surface area contributed by atoms with Gasteiger partial charge in [-0.25, -0.2) is 4.79 Å². The predicted molar refractivity (Wildman–Crippen MR) is 66.0 cm³/mol. The Morgan fingerprint density at radius 2 is 1.94 bits per heavy atom. The molecule has 0 radical (unpaired) electrons. The molecule has 0 aliphatic rings. The minimum Gasteiger partial charge on any atom is -0.465 e. The molecule has 0 unspecified atom stereocenters. The maximum atomic E-state index is 11.2. The lowest BCUT2D eigenvalue weighted by Crippen LogP contribution is -2.18. The molecule has 1 aromatic rings. The van der Waals surface area contributed by atoms with Gasteiger partial charge in [-0.1, -0.05) is 13.3 Å². The van der Waals surface area contributed by atoms with Crippen molar-refractivity contribution >= 4 is 11.7 Å². The van der Waals surface area contributed by atoms with Crippen molar-refractivity contribution in [1.82, 2.24) is 0 Å². The van der Waals surface area contributed by atoms with Gasteiger partial charge < -0.3 is 9.64 Å². The van der Waals surface area contributed by atoms with E-state index in [2.05, 4.69) is 23.6 Å². The second-order valence-electron chi connectivity index (χ2n) is 3.81. The maximum absolute atomic E-state index is 11.2. The quantitative estimate of drug-likeness (QED) is 0.716. The Balaban J connectivity index is 2.67. The number of hydrogen-bond donors (Lipinski definition) is 0. The Hall–Kier alpha value is -1.51. The Morgan fingerprint density at radius 1 is 1.31 bits per heavy atom. The molecule has 3 nitrogen and oxygen atoms in total. The summed E-state index contributed by atoms with van der Waals surface area (Å²) in [5.74, 6) is -0.289. The Bertz CT molecular complexity index is 332. The van der Waals surface area contributed by atoms with E-state index in [0.717, 1.165) is 12.2 Å². The van der Waals surface area contributed by atoms with Crippen molar-refractivity contribution in [3.8, 4) is 0 Å². The summed E-state index contributed by atoms with van der Waals surface area (Å²) < 4.78 is 4.65. The Morgan fingerprint density at radius 3 is 2.44 bits per heavy atom. The van der Waals surface area contributed by atoms with Gasteiger partial charge in [0.15, 0.2) is 0 Å². The van der Waals surface area contributed by atoms with Crippen LogP contribution in [-0.2, 0) is 4.74 Å². The molecule has 0 bridgehead atoms. The number of carbonyl (C=O) groups excluding carboxylic acids is 1. The molecule has 0 N–H and O–H groups in total. The standard InChI is InChI=1S/C13H19NO2/c1-4-5-10-14(2)12-8-6-11(7-9-12)13(15)16-3/h6-9H,4-5,10H2,1-3H3. The van der Waals surface area contributed by atoms with E-state index in [1.165, 1.54) is 20.0 Å². The van der Waals surface area contributed by atoms with Gasteiger partial charge in [0.1, 0.15) is 0 Å². The summed E-state index contributed by atoms with van der Waals surface area (Å²) in [6.07, 6.45) is 2.36. The molecule has 0 saturated heterocycles. The first-order valence-electron chi connectivity index (χ1n) is 5.58. The van der Waals surface area contributed by atoms with Crippen molar-refractivity contribution in [1.29, 1.82) is 0 Å². The molecule has 0 heterocycles. The molecule has 0 fully saturated rings. The van der Waals surface area contributed by atoms with Gasteiger partial charge in [0.2, 0.25) is 0 Å². The van der Waals surface area contributed by atoms with Crippen LogP contribution in [0.25, 0.3) is 0 Å². The van der Waals surface area contributed by atoms with E-state index in [1.54, 1.807) is 12.1 Å². The third kappa shape index (κ3) is 3.26. The molecular weight excluding hydrogens is 202 g/mol. The van der Waals surface area contributed by atoms with Gasteiger partial charge in [-0.15, -0.1) is 0 Å². The van der Waals surface area contributed by atoms with E-state index in [9.17, 15) is 4.79 Å². The second-order valence-corrected chi connectivity index (χ2v) is 3.81. The maximum Gasteiger partial charge on any atom is 0.337 e. The topological polar surface area (TPSA) is 29.5 Å². The number of hydrogen-bond acceptors (Lipinski definition) is 3. The summed E-state index contributed by atoms with van der Waals surface area (Å²) in [6.45, 7) is 3.21. The fourth-order valence-electron chi connectivity index (χ4n) is 1.49. The van der Waals surface area contributed by atoms with Crippen molar-refractivity contribution in [3.05, 3.63) is 29.8 Å². The molecule has 0 saturated carbocycles. The Labute approximate surface area is 97.0 Å². The number of unbranched alkanes of at least 4 members (excludes halogenated alkanes) is 1. The van der Waals surface area contributed by atoms with Crippen LogP contribution in [0, 0.1) is 0 Å². The van der Waals surface area contributed by atoms with E-state index >= 15 is 0 Å². The monoisotopic (exact) mass is 221 g/mol. The van der Waals surface area contributed by atoms with Crippen LogP contribution in [0.5, 0.6) is 0 Å². The molecule has 0 atom stereocenters. The lowest BCUT2D eigenvalue weighted by atomic mass is 10.2. The SMILES string of the molecule is CCCCN(C)c1ccc(C(=O)OC)cc1. The molecule has 1 rings (SSSR count). The van der Waals surface area contributed by atoms with Crippen molar-refractivity contribution < 1.29 is 9.53 Å². The van der Waals surface area contributed by atoms with Gasteiger partial charge >= 0.3 is 5.97 Å². The highest BCUT2D eigenvalue weighted by atomic mass is 16.5. The molecule has 16 heavy (non-hydrogen) atoms. The zero-order valence-electron chi connectivity index (χ0n) is 10.2. The number of ether oxygens (including phenoxy) is 1. The first kappa shape index (κ1) is 12.6. The van der Waals surface area contributed by atoms with Crippen LogP contribution in [0.15, 0.2) is 24.3 Å². The van der Waals surface area contributed by atoms with Crippen molar-refractivity contribution in [3.63, 3.8) is 0 Å². The molecular formula is C13H19NO2. The number of rotatable bonds is 5. The van der Waals surface area contributed by atoms with E-state index < -0.39 is 0 Å². The van der Waals surface area contributed by atoms with Gasteiger partial charge in [0.25, 0.3) is 0 Å². The van der Waals surface area contributed by atoms with Crippen molar-refractivity contribution in [2.24, 2.45) is 0 Å². The number of methoxy groups -OCH3 is 1. The highest BCUT2D eigenvalue weighted by Crippen LogP contribution is 2.14. The van der Waals surface area contributed by atoms with Gasteiger partial charge in [-0.05, 0) is 30.7 Å². The molecule has 0 spiro atoms. The molecule has 0 amide bonds. The number of carbonyl (C=O) groups is 1. The van der Waals surface area contributed by atoms with Crippen molar-refractivity contribution in [2.45, 2.75) is 19.8 Å². The summed E-state index contributed by atoms with van der Waals surface area (Å²) in [7, 11) is 3.45. The normalized spacial score (nSPS) is 9.94. The molecule has 3 heteroatoms. The summed E-state index contributed by atoms with van der Waals surface area (Å²) in [6, 6.07) is 7.48. The predicted octanol–water partition coefficient (Wildman–Crippen LogP) is 2.71. The fraction of sp³-hybridized carbons (Fsp3) is 0.462. The summed E-state index contributed by atoms with van der Waals surface area (Å²) in [4.78, 5) is 13.4. The van der Waals surface area contributed by atoms with Gasteiger partial charge in [-0.2, -0.15) is 0 Å². The average molecular weight is 221 g/mol. The minimum atomic E-state index is -0.289. The van der Waals surface area contributed by atoms with Gasteiger partial charge in [0.05, 0.1) is 12.7 Å². The highest BCUT2D eigenvalue weighted by molar-refractivity contribution is 5.89. The third-order valence-electron chi connectivity index (χ3n) is 2.58. The summed E-state index contributed by atoms with van der Waals surface area (Å²) in [5.41, 5.74) is 1.72. The fourth-order valence-corrected chi connectivity index (χ4v) is 1.49. The Kier molecular flexibility index (Phi) is 4.83. The summed E-state index contributed by atoms with van der Waals surface area (Å²) >= 11 is 0. The first-order valence-corrected chi connectivity index (χ1v) is 5.58. The zero-order valence-corrected chi connectivity index (χ0v) is 10.2. The van der Waals surface area contributed by atoms with Crippen LogP contribution in [0.1, 0.15) is 30.1 Å². The van der Waals surface area contributed by atoms with E-state index in [4.69, 9.17) is 0 Å². The molecule has 0 aromatic heterocycles. The summed E-state index contributed by atoms with van der Waals surface area (Å²) in [5, 5.41) is 0. The molecule has 0 aliphatic heterocycles. The van der Waals surface area contributed by atoms with Crippen molar-refractivity contribution in [2.75, 3.05) is 25.6 Å². The molecule has 1 aromatic carbocycles. The lowest BCUT2D eigenvalue weighted by molar-refractivity contribution is 0.0601. The number of nitrogens with zero attached hydrogens (tertiary/aromatic N) is 1. The third-order valence-corrected chi connectivity index (χ3v) is 2.58. The van der Waals surface area contributed by atoms with E-state index in [1.807, 2.05) is 12.1 Å². The smallest absolute Gasteiger partial charge is 0.337 e. The minimum absolute atomic E-state index is 0.289. The van der Waals surface area contributed by atoms with Crippen LogP contribution >= 0.6 is 0 Å². The van der Waals surface area contributed by atoms with Gasteiger partial charge in [-0.3, -0.25) is 0 Å². The zero-order chi connectivity index (χ0) is 12.0. The number of esters is 1. The lowest BCUT2D eigenvalue weighted by Gasteiger charge is -2.18. The second kappa shape index (κ2) is 6.16. The largest absolute Gasteiger partial charge is 0.465 e. The van der Waals surface area contributed by atoms with Gasteiger partial charge in [0, 0.05) is 19.3 Å². The van der Waals surface area contributed by atoms with E-state index in [0.29, 0.717) is 5.56 Å². The highest BCUT2D eigenvalue weighted by Gasteiger charge is 2.05. The van der Waals surface area contributed by atoms with Crippen LogP contribution in [0.3, 0.4) is 0 Å². The molecule has 88 valence electrons. The number of anilines is 1. The molecule has 0 aliphatic carbocycles.